The minimum Gasteiger partial charge on any atom is -0.496 e. The molecule has 0 aliphatic rings. The van der Waals surface area contributed by atoms with Crippen LogP contribution in [0.2, 0.25) is 0 Å². The number of benzene rings is 1. The largest absolute Gasteiger partial charge is 0.534 e. The smallest absolute Gasteiger partial charge is 0.496 e. The molecular weight excluding hydrogens is 277 g/mol. The average molecular weight is 286 g/mol. The van der Waals surface area contributed by atoms with Gasteiger partial charge in [0.15, 0.2) is 0 Å². The van der Waals surface area contributed by atoms with Gasteiger partial charge in [-0.3, -0.25) is 0 Å². The van der Waals surface area contributed by atoms with Gasteiger partial charge in [0.1, 0.15) is 17.2 Å². The first kappa shape index (κ1) is 14.4. The van der Waals surface area contributed by atoms with Crippen LogP contribution in [0.3, 0.4) is 0 Å². The number of hydrogen-bond acceptors (Lipinski definition) is 5. The minimum absolute atomic E-state index is 0.0988. The fourth-order valence-corrected chi connectivity index (χ4v) is 1.45. The van der Waals surface area contributed by atoms with Gasteiger partial charge in [0.05, 0.1) is 14.2 Å². The van der Waals surface area contributed by atoms with Crippen molar-refractivity contribution in [2.75, 3.05) is 14.2 Å². The summed E-state index contributed by atoms with van der Waals surface area (Å²) in [5.41, 5.74) is -5.50. The normalized spacial score (nSPS) is 12.1. The third kappa shape index (κ3) is 3.19. The van der Waals surface area contributed by atoms with E-state index in [0.717, 1.165) is 12.1 Å². The SMILES string of the molecule is COc1cc(OC)cc(OS(=O)(=O)C(F)(F)F)c1. The van der Waals surface area contributed by atoms with E-state index in [1.165, 1.54) is 20.3 Å². The van der Waals surface area contributed by atoms with Gasteiger partial charge in [-0.05, 0) is 0 Å². The Labute approximate surface area is 101 Å². The number of hydrogen-bond donors (Lipinski definition) is 0. The summed E-state index contributed by atoms with van der Waals surface area (Å²) in [6, 6.07) is 3.34. The maximum atomic E-state index is 12.1. The number of alkyl halides is 3. The first-order chi connectivity index (χ1) is 8.19. The van der Waals surface area contributed by atoms with E-state index in [1.54, 1.807) is 0 Å². The Morgan fingerprint density at radius 2 is 1.33 bits per heavy atom. The molecule has 0 spiro atoms. The summed E-state index contributed by atoms with van der Waals surface area (Å²) in [6.45, 7) is 0. The van der Waals surface area contributed by atoms with Gasteiger partial charge in [0, 0.05) is 18.2 Å². The Morgan fingerprint density at radius 3 is 1.67 bits per heavy atom. The molecule has 0 aromatic heterocycles. The van der Waals surface area contributed by atoms with Crippen LogP contribution >= 0.6 is 0 Å². The van der Waals surface area contributed by atoms with Crippen molar-refractivity contribution in [2.45, 2.75) is 5.51 Å². The predicted molar refractivity (Wildman–Crippen MR) is 55.1 cm³/mol. The number of rotatable bonds is 4. The Balaban J connectivity index is 3.12. The Hall–Kier alpha value is -1.64. The van der Waals surface area contributed by atoms with E-state index in [-0.39, 0.29) is 11.5 Å². The molecule has 0 saturated heterocycles. The third-order valence-electron chi connectivity index (χ3n) is 1.81. The molecule has 0 heterocycles. The zero-order chi connectivity index (χ0) is 14.0. The molecule has 18 heavy (non-hydrogen) atoms. The molecule has 0 atom stereocenters. The standard InChI is InChI=1S/C9H9F3O5S/c1-15-6-3-7(16-2)5-8(4-6)17-18(13,14)9(10,11)12/h3-5H,1-2H3. The molecule has 0 saturated carbocycles. The molecule has 5 nitrogen and oxygen atoms in total. The van der Waals surface area contributed by atoms with Crippen molar-refractivity contribution in [2.24, 2.45) is 0 Å². The lowest BCUT2D eigenvalue weighted by Gasteiger charge is -2.11. The molecule has 9 heteroatoms. The zero-order valence-corrected chi connectivity index (χ0v) is 10.1. The highest BCUT2D eigenvalue weighted by molar-refractivity contribution is 7.88. The number of halogens is 3. The highest BCUT2D eigenvalue weighted by Crippen LogP contribution is 2.32. The van der Waals surface area contributed by atoms with Gasteiger partial charge in [0.25, 0.3) is 0 Å². The van der Waals surface area contributed by atoms with E-state index in [0.29, 0.717) is 0 Å². The van der Waals surface area contributed by atoms with Gasteiger partial charge >= 0.3 is 15.6 Å². The molecule has 0 radical (unpaired) electrons. The first-order valence-corrected chi connectivity index (χ1v) is 5.84. The van der Waals surface area contributed by atoms with Gasteiger partial charge in [-0.15, -0.1) is 0 Å². The molecule has 102 valence electrons. The Bertz CT molecular complexity index is 501. The molecule has 1 aromatic rings. The Morgan fingerprint density at radius 1 is 0.944 bits per heavy atom. The molecule has 0 bridgehead atoms. The van der Waals surface area contributed by atoms with Crippen LogP contribution in [0.15, 0.2) is 18.2 Å². The quantitative estimate of drug-likeness (QED) is 0.625. The summed E-state index contributed by atoms with van der Waals surface area (Å²) in [6.07, 6.45) is 0. The zero-order valence-electron chi connectivity index (χ0n) is 9.32. The molecule has 1 rings (SSSR count). The van der Waals surface area contributed by atoms with E-state index in [4.69, 9.17) is 9.47 Å². The van der Waals surface area contributed by atoms with Crippen LogP contribution in [0.4, 0.5) is 13.2 Å². The topological polar surface area (TPSA) is 61.8 Å². The second kappa shape index (κ2) is 4.92. The molecule has 0 N–H and O–H groups in total. The molecule has 0 amide bonds. The Kier molecular flexibility index (Phi) is 3.95. The molecule has 0 unspecified atom stereocenters. The van der Waals surface area contributed by atoms with Gasteiger partial charge in [0.2, 0.25) is 0 Å². The van der Waals surface area contributed by atoms with Crippen molar-refractivity contribution in [3.8, 4) is 17.2 Å². The van der Waals surface area contributed by atoms with Crippen LogP contribution in [0.1, 0.15) is 0 Å². The number of methoxy groups -OCH3 is 2. The van der Waals surface area contributed by atoms with Crippen LogP contribution in [-0.4, -0.2) is 28.1 Å². The van der Waals surface area contributed by atoms with Gasteiger partial charge in [-0.1, -0.05) is 0 Å². The first-order valence-electron chi connectivity index (χ1n) is 4.43. The number of ether oxygens (including phenoxy) is 2. The molecule has 1 aromatic carbocycles. The van der Waals surface area contributed by atoms with Gasteiger partial charge in [-0.2, -0.15) is 21.6 Å². The van der Waals surface area contributed by atoms with E-state index in [1.807, 2.05) is 0 Å². The fourth-order valence-electron chi connectivity index (χ4n) is 1.00. The molecule has 0 aliphatic carbocycles. The highest BCUT2D eigenvalue weighted by Gasteiger charge is 2.48. The highest BCUT2D eigenvalue weighted by atomic mass is 32.2. The van der Waals surface area contributed by atoms with Crippen molar-refractivity contribution in [1.82, 2.24) is 0 Å². The lowest BCUT2D eigenvalue weighted by Crippen LogP contribution is -2.28. The van der Waals surface area contributed by atoms with Crippen molar-refractivity contribution in [1.29, 1.82) is 0 Å². The van der Waals surface area contributed by atoms with Crippen LogP contribution < -0.4 is 13.7 Å². The predicted octanol–water partition coefficient (Wildman–Crippen LogP) is 1.93. The molecule has 0 aliphatic heterocycles. The van der Waals surface area contributed by atoms with Crippen LogP contribution in [0.5, 0.6) is 17.2 Å². The van der Waals surface area contributed by atoms with Crippen LogP contribution in [-0.2, 0) is 10.1 Å². The van der Waals surface area contributed by atoms with Gasteiger partial charge < -0.3 is 13.7 Å². The lowest BCUT2D eigenvalue weighted by molar-refractivity contribution is -0.0500. The van der Waals surface area contributed by atoms with Crippen molar-refractivity contribution >= 4 is 10.1 Å². The van der Waals surface area contributed by atoms with E-state index in [9.17, 15) is 21.6 Å². The second-order valence-corrected chi connectivity index (χ2v) is 4.57. The summed E-state index contributed by atoms with van der Waals surface area (Å²) >= 11 is 0. The van der Waals surface area contributed by atoms with Crippen molar-refractivity contribution < 1.29 is 35.2 Å². The summed E-state index contributed by atoms with van der Waals surface area (Å²) in [5.74, 6) is -0.355. The summed E-state index contributed by atoms with van der Waals surface area (Å²) in [7, 11) is -3.19. The van der Waals surface area contributed by atoms with Crippen molar-refractivity contribution in [3.05, 3.63) is 18.2 Å². The van der Waals surface area contributed by atoms with Crippen molar-refractivity contribution in [3.63, 3.8) is 0 Å². The third-order valence-corrected chi connectivity index (χ3v) is 2.79. The van der Waals surface area contributed by atoms with Gasteiger partial charge in [-0.25, -0.2) is 0 Å². The summed E-state index contributed by atoms with van der Waals surface area (Å²) < 4.78 is 71.4. The monoisotopic (exact) mass is 286 g/mol. The second-order valence-electron chi connectivity index (χ2n) is 3.03. The lowest BCUT2D eigenvalue weighted by atomic mass is 10.3. The fraction of sp³-hybridized carbons (Fsp3) is 0.333. The van der Waals surface area contributed by atoms with E-state index >= 15 is 0 Å². The average Bonchev–Trinajstić information content (AvgIpc) is 2.26. The van der Waals surface area contributed by atoms with Crippen LogP contribution in [0.25, 0.3) is 0 Å². The van der Waals surface area contributed by atoms with Crippen LogP contribution in [0, 0.1) is 0 Å². The van der Waals surface area contributed by atoms with E-state index < -0.39 is 21.4 Å². The summed E-state index contributed by atoms with van der Waals surface area (Å²) in [5, 5.41) is 0. The summed E-state index contributed by atoms with van der Waals surface area (Å²) in [4.78, 5) is 0. The molecule has 0 fully saturated rings. The minimum atomic E-state index is -5.71. The molecular formula is C9H9F3O5S. The maximum absolute atomic E-state index is 12.1. The maximum Gasteiger partial charge on any atom is 0.534 e. The van der Waals surface area contributed by atoms with E-state index in [2.05, 4.69) is 4.18 Å².